The van der Waals surface area contributed by atoms with Crippen LogP contribution in [0.5, 0.6) is 0 Å². The van der Waals surface area contributed by atoms with Crippen LogP contribution in [-0.2, 0) is 4.79 Å². The van der Waals surface area contributed by atoms with Crippen LogP contribution in [0.25, 0.3) is 0 Å². The van der Waals surface area contributed by atoms with Gasteiger partial charge in [0, 0.05) is 18.0 Å². The first kappa shape index (κ1) is 10.5. The maximum absolute atomic E-state index is 10.5. The fourth-order valence-corrected chi connectivity index (χ4v) is 1.44. The van der Waals surface area contributed by atoms with Crippen LogP contribution in [0.1, 0.15) is 0 Å². The van der Waals surface area contributed by atoms with Gasteiger partial charge in [-0.15, -0.1) is 0 Å². The van der Waals surface area contributed by atoms with Crippen LogP contribution in [0, 0.1) is 10.1 Å². The summed E-state index contributed by atoms with van der Waals surface area (Å²) in [5.41, 5.74) is -0.196. The lowest BCUT2D eigenvalue weighted by molar-refractivity contribution is -0.388. The first-order valence-electron chi connectivity index (χ1n) is 3.53. The van der Waals surface area contributed by atoms with Crippen LogP contribution in [0.2, 0.25) is 0 Å². The second kappa shape index (κ2) is 4.56. The van der Waals surface area contributed by atoms with E-state index in [4.69, 9.17) is 0 Å². The maximum atomic E-state index is 10.5. The molecule has 0 saturated heterocycles. The summed E-state index contributed by atoms with van der Waals surface area (Å²) in [5.74, 6) is -1.63. The molecule has 0 aromatic carbocycles. The van der Waals surface area contributed by atoms with Gasteiger partial charge < -0.3 is 9.90 Å². The molecule has 0 aliphatic carbocycles. The normalized spacial score (nSPS) is 9.71. The van der Waals surface area contributed by atoms with Crippen LogP contribution in [0.4, 0.5) is 5.69 Å². The highest BCUT2D eigenvalue weighted by Crippen LogP contribution is 2.25. The molecule has 0 bridgehead atoms. The number of pyridine rings is 1. The van der Waals surface area contributed by atoms with Gasteiger partial charge in [0.25, 0.3) is 0 Å². The lowest BCUT2D eigenvalue weighted by Gasteiger charge is -2.01. The Morgan fingerprint density at radius 3 is 2.93 bits per heavy atom. The van der Waals surface area contributed by atoms with E-state index in [-0.39, 0.29) is 16.5 Å². The third-order valence-electron chi connectivity index (χ3n) is 1.27. The van der Waals surface area contributed by atoms with Crippen LogP contribution in [-0.4, -0.2) is 21.6 Å². The second-order valence-corrected chi connectivity index (χ2v) is 3.21. The fourth-order valence-electron chi connectivity index (χ4n) is 0.760. The minimum absolute atomic E-state index is 0.0849. The molecule has 74 valence electrons. The molecule has 0 amide bonds. The number of nitrogens with zero attached hydrogens (tertiary/aromatic N) is 2. The van der Waals surface area contributed by atoms with Gasteiger partial charge in [-0.1, -0.05) is 11.8 Å². The Bertz CT molecular complexity index is 368. The summed E-state index contributed by atoms with van der Waals surface area (Å²) in [6, 6.07) is 2.69. The maximum Gasteiger partial charge on any atom is 0.301 e. The minimum Gasteiger partial charge on any atom is -0.549 e. The molecule has 0 aliphatic rings. The highest BCUT2D eigenvalue weighted by atomic mass is 32.2. The lowest BCUT2D eigenvalue weighted by Crippen LogP contribution is -2.24. The number of nitro groups is 1. The largest absolute Gasteiger partial charge is 0.549 e. The van der Waals surface area contributed by atoms with E-state index >= 15 is 0 Å². The lowest BCUT2D eigenvalue weighted by atomic mass is 10.4. The van der Waals surface area contributed by atoms with E-state index in [1.807, 2.05) is 0 Å². The van der Waals surface area contributed by atoms with Gasteiger partial charge >= 0.3 is 5.69 Å². The molecule has 0 fully saturated rings. The van der Waals surface area contributed by atoms with E-state index in [2.05, 4.69) is 4.98 Å². The third-order valence-corrected chi connectivity index (χ3v) is 2.24. The molecule has 1 rings (SSSR count). The molecule has 1 aromatic heterocycles. The number of aliphatic carboxylic acids is 1. The Labute approximate surface area is 83.1 Å². The van der Waals surface area contributed by atoms with Crippen LogP contribution < -0.4 is 5.11 Å². The summed E-state index contributed by atoms with van der Waals surface area (Å²) < 4.78 is 0. The number of hydrogen-bond acceptors (Lipinski definition) is 6. The van der Waals surface area contributed by atoms with Crippen molar-refractivity contribution in [2.24, 2.45) is 0 Å². The van der Waals surface area contributed by atoms with E-state index in [9.17, 15) is 20.0 Å². The monoisotopic (exact) mass is 213 g/mol. The van der Waals surface area contributed by atoms with Crippen molar-refractivity contribution in [3.8, 4) is 0 Å². The average Bonchev–Trinajstić information content (AvgIpc) is 2.15. The predicted octanol–water partition coefficient (Wildman–Crippen LogP) is -0.168. The zero-order valence-electron chi connectivity index (χ0n) is 6.87. The van der Waals surface area contributed by atoms with Crippen LogP contribution >= 0.6 is 11.8 Å². The van der Waals surface area contributed by atoms with Gasteiger partial charge in [-0.25, -0.2) is 4.98 Å². The molecular formula is C7H5N2O4S-. The molecular weight excluding hydrogens is 208 g/mol. The quantitative estimate of drug-likeness (QED) is 0.391. The van der Waals surface area contributed by atoms with Crippen molar-refractivity contribution >= 4 is 23.4 Å². The zero-order chi connectivity index (χ0) is 10.6. The van der Waals surface area contributed by atoms with E-state index in [0.717, 1.165) is 11.8 Å². The highest BCUT2D eigenvalue weighted by Gasteiger charge is 2.13. The zero-order valence-corrected chi connectivity index (χ0v) is 7.69. The standard InChI is InChI=1S/C7H6N2O4S/c10-6(11)4-14-7-5(9(12)13)2-1-3-8-7/h1-3H,4H2,(H,10,11)/p-1. The number of carbonyl (C=O) groups excluding carboxylic acids is 1. The Morgan fingerprint density at radius 2 is 2.36 bits per heavy atom. The Kier molecular flexibility index (Phi) is 3.41. The van der Waals surface area contributed by atoms with Gasteiger partial charge in [0.05, 0.1) is 10.9 Å². The molecule has 0 spiro atoms. The van der Waals surface area contributed by atoms with Gasteiger partial charge in [-0.2, -0.15) is 0 Å². The first-order valence-corrected chi connectivity index (χ1v) is 4.52. The number of thioether (sulfide) groups is 1. The van der Waals surface area contributed by atoms with Crippen molar-refractivity contribution in [2.75, 3.05) is 5.75 Å². The molecule has 6 nitrogen and oxygen atoms in total. The number of aromatic nitrogens is 1. The van der Waals surface area contributed by atoms with Gasteiger partial charge in [0.2, 0.25) is 0 Å². The third kappa shape index (κ3) is 2.70. The van der Waals surface area contributed by atoms with Crippen LogP contribution in [0.3, 0.4) is 0 Å². The number of carbonyl (C=O) groups is 1. The van der Waals surface area contributed by atoms with Crippen molar-refractivity contribution in [3.63, 3.8) is 0 Å². The summed E-state index contributed by atoms with van der Waals surface area (Å²) in [7, 11) is 0. The Morgan fingerprint density at radius 1 is 1.64 bits per heavy atom. The van der Waals surface area contributed by atoms with Crippen molar-refractivity contribution in [2.45, 2.75) is 5.03 Å². The summed E-state index contributed by atoms with van der Waals surface area (Å²) in [6.45, 7) is 0. The molecule has 0 N–H and O–H groups in total. The summed E-state index contributed by atoms with van der Waals surface area (Å²) >= 11 is 0.769. The molecule has 7 heteroatoms. The summed E-state index contributed by atoms with van der Waals surface area (Å²) in [5, 5.41) is 20.7. The fraction of sp³-hybridized carbons (Fsp3) is 0.143. The summed E-state index contributed by atoms with van der Waals surface area (Å²) in [4.78, 5) is 23.7. The second-order valence-electron chi connectivity index (χ2n) is 2.25. The van der Waals surface area contributed by atoms with Gasteiger partial charge in [0.1, 0.15) is 0 Å². The Hall–Kier alpha value is -1.63. The molecule has 0 unspecified atom stereocenters. The number of carboxylic acids is 1. The molecule has 14 heavy (non-hydrogen) atoms. The number of carboxylic acid groups (broad SMARTS) is 1. The van der Waals surface area contributed by atoms with Crippen molar-refractivity contribution in [1.29, 1.82) is 0 Å². The van der Waals surface area contributed by atoms with E-state index in [0.29, 0.717) is 0 Å². The molecule has 1 aromatic rings. The average molecular weight is 213 g/mol. The topological polar surface area (TPSA) is 96.2 Å². The number of rotatable bonds is 4. The molecule has 0 saturated carbocycles. The molecule has 1 heterocycles. The van der Waals surface area contributed by atoms with Crippen molar-refractivity contribution < 1.29 is 14.8 Å². The summed E-state index contributed by atoms with van der Waals surface area (Å²) in [6.07, 6.45) is 1.37. The molecule has 0 atom stereocenters. The van der Waals surface area contributed by atoms with Crippen molar-refractivity contribution in [1.82, 2.24) is 4.98 Å². The van der Waals surface area contributed by atoms with E-state index in [1.165, 1.54) is 18.3 Å². The van der Waals surface area contributed by atoms with Gasteiger partial charge in [-0.05, 0) is 6.07 Å². The van der Waals surface area contributed by atoms with E-state index in [1.54, 1.807) is 0 Å². The van der Waals surface area contributed by atoms with Gasteiger partial charge in [-0.3, -0.25) is 10.1 Å². The van der Waals surface area contributed by atoms with Crippen molar-refractivity contribution in [3.05, 3.63) is 28.4 Å². The minimum atomic E-state index is -1.28. The SMILES string of the molecule is O=C([O-])CSc1ncccc1[N+](=O)[O-]. The number of hydrogen-bond donors (Lipinski definition) is 0. The smallest absolute Gasteiger partial charge is 0.301 e. The molecule has 0 aliphatic heterocycles. The van der Waals surface area contributed by atoms with E-state index < -0.39 is 10.9 Å². The predicted molar refractivity (Wildman–Crippen MR) is 46.6 cm³/mol. The first-order chi connectivity index (χ1) is 6.61. The van der Waals surface area contributed by atoms with Gasteiger partial charge in [0.15, 0.2) is 5.03 Å². The van der Waals surface area contributed by atoms with Crippen LogP contribution in [0.15, 0.2) is 23.4 Å². The molecule has 0 radical (unpaired) electrons. The highest BCUT2D eigenvalue weighted by molar-refractivity contribution is 8.00. The Balaban J connectivity index is 2.84.